The lowest BCUT2D eigenvalue weighted by atomic mass is 9.73. The van der Waals surface area contributed by atoms with Crippen LogP contribution in [0.25, 0.3) is 0 Å². The van der Waals surface area contributed by atoms with Crippen molar-refractivity contribution in [2.75, 3.05) is 13.2 Å². The first-order valence-electron chi connectivity index (χ1n) is 10.2. The molecule has 1 fully saturated rings. The van der Waals surface area contributed by atoms with Crippen molar-refractivity contribution < 1.29 is 29.3 Å². The lowest BCUT2D eigenvalue weighted by molar-refractivity contribution is -0.155. The number of aliphatic hydroxyl groups is 1. The molecule has 1 aromatic carbocycles. The standard InChI is InChI=1S/C22H30O6/c1-13(2)22(26)28-20-11-15-10-18-14(9-17(15)16(20)6-4-8-23)5-3-7-19(18)27-12-21(24)25/h3,5,7,13,15-17,20,23H,4,6,8-12H2,1-2H3,(H,24,25)/t15-,16+,17-,20+/m0/s1. The molecule has 0 bridgehead atoms. The Balaban J connectivity index is 1.80. The number of carboxylic acids is 1. The highest BCUT2D eigenvalue weighted by Crippen LogP contribution is 2.49. The molecule has 0 amide bonds. The Morgan fingerprint density at radius 2 is 2.04 bits per heavy atom. The largest absolute Gasteiger partial charge is 0.482 e. The van der Waals surface area contributed by atoms with Gasteiger partial charge in [-0.15, -0.1) is 0 Å². The number of carbonyl (C=O) groups is 2. The molecule has 28 heavy (non-hydrogen) atoms. The number of carbonyl (C=O) groups excluding carboxylic acids is 1. The number of hydrogen-bond donors (Lipinski definition) is 2. The van der Waals surface area contributed by atoms with Gasteiger partial charge in [-0.05, 0) is 67.1 Å². The smallest absolute Gasteiger partial charge is 0.341 e. The van der Waals surface area contributed by atoms with Crippen LogP contribution in [-0.4, -0.2) is 41.5 Å². The summed E-state index contributed by atoms with van der Waals surface area (Å²) < 4.78 is 11.4. The monoisotopic (exact) mass is 390 g/mol. The van der Waals surface area contributed by atoms with E-state index < -0.39 is 5.97 Å². The number of aliphatic carboxylic acids is 1. The van der Waals surface area contributed by atoms with Gasteiger partial charge in [0.25, 0.3) is 0 Å². The first-order valence-corrected chi connectivity index (χ1v) is 10.2. The Kier molecular flexibility index (Phi) is 6.60. The van der Waals surface area contributed by atoms with Gasteiger partial charge in [0.1, 0.15) is 11.9 Å². The number of carboxylic acid groups (broad SMARTS) is 1. The minimum Gasteiger partial charge on any atom is -0.482 e. The molecule has 3 rings (SSSR count). The molecule has 2 N–H and O–H groups in total. The van der Waals surface area contributed by atoms with Crippen LogP contribution >= 0.6 is 0 Å². The lowest BCUT2D eigenvalue weighted by Crippen LogP contribution is -2.30. The van der Waals surface area contributed by atoms with Gasteiger partial charge in [0, 0.05) is 6.61 Å². The fourth-order valence-corrected chi connectivity index (χ4v) is 4.80. The van der Waals surface area contributed by atoms with Gasteiger partial charge in [-0.1, -0.05) is 26.0 Å². The van der Waals surface area contributed by atoms with Gasteiger partial charge < -0.3 is 19.7 Å². The molecule has 1 aromatic rings. The van der Waals surface area contributed by atoms with Crippen molar-refractivity contribution in [1.82, 2.24) is 0 Å². The molecule has 6 nitrogen and oxygen atoms in total. The SMILES string of the molecule is CC(C)C(=O)O[C@@H]1C[C@@H]2Cc3c(cccc3OCC(=O)O)C[C@@H]2[C@H]1CCCO. The van der Waals surface area contributed by atoms with Crippen LogP contribution < -0.4 is 4.74 Å². The van der Waals surface area contributed by atoms with E-state index in [1.54, 1.807) is 0 Å². The second-order valence-electron chi connectivity index (χ2n) is 8.30. The van der Waals surface area contributed by atoms with Crippen molar-refractivity contribution in [3.05, 3.63) is 29.3 Å². The average Bonchev–Trinajstić information content (AvgIpc) is 2.98. The van der Waals surface area contributed by atoms with Gasteiger partial charge in [0.2, 0.25) is 0 Å². The van der Waals surface area contributed by atoms with Gasteiger partial charge in [-0.3, -0.25) is 4.79 Å². The molecule has 0 radical (unpaired) electrons. The third-order valence-corrected chi connectivity index (χ3v) is 6.11. The second kappa shape index (κ2) is 8.95. The van der Waals surface area contributed by atoms with E-state index in [0.717, 1.165) is 31.2 Å². The van der Waals surface area contributed by atoms with Crippen molar-refractivity contribution >= 4 is 11.9 Å². The Labute approximate surface area is 165 Å². The first-order chi connectivity index (χ1) is 13.4. The predicted octanol–water partition coefficient (Wildman–Crippen LogP) is 2.84. The Morgan fingerprint density at radius 3 is 2.71 bits per heavy atom. The summed E-state index contributed by atoms with van der Waals surface area (Å²) in [6.45, 7) is 3.48. The van der Waals surface area contributed by atoms with Crippen LogP contribution in [0.4, 0.5) is 0 Å². The first kappa shape index (κ1) is 20.6. The summed E-state index contributed by atoms with van der Waals surface area (Å²) in [4.78, 5) is 23.1. The number of aliphatic hydroxyl groups excluding tert-OH is 1. The maximum atomic E-state index is 12.2. The quantitative estimate of drug-likeness (QED) is 0.663. The molecule has 0 heterocycles. The second-order valence-corrected chi connectivity index (χ2v) is 8.30. The summed E-state index contributed by atoms with van der Waals surface area (Å²) in [5.74, 6) is 0.353. The number of esters is 1. The van der Waals surface area contributed by atoms with Crippen molar-refractivity contribution in [3.8, 4) is 5.75 Å². The Hall–Kier alpha value is -2.08. The maximum absolute atomic E-state index is 12.2. The zero-order valence-electron chi connectivity index (χ0n) is 16.6. The molecule has 6 heteroatoms. The number of rotatable bonds is 8. The van der Waals surface area contributed by atoms with Crippen LogP contribution in [0.1, 0.15) is 44.2 Å². The van der Waals surface area contributed by atoms with Crippen molar-refractivity contribution in [3.63, 3.8) is 0 Å². The molecule has 1 saturated carbocycles. The van der Waals surface area contributed by atoms with Gasteiger partial charge in [-0.25, -0.2) is 4.79 Å². The van der Waals surface area contributed by atoms with Crippen LogP contribution in [0.5, 0.6) is 5.75 Å². The van der Waals surface area contributed by atoms with Crippen LogP contribution in [0.2, 0.25) is 0 Å². The number of benzene rings is 1. The molecular weight excluding hydrogens is 360 g/mol. The van der Waals surface area contributed by atoms with Gasteiger partial charge >= 0.3 is 11.9 Å². The van der Waals surface area contributed by atoms with E-state index in [0.29, 0.717) is 24.0 Å². The Morgan fingerprint density at radius 1 is 1.25 bits per heavy atom. The molecule has 0 aliphatic heterocycles. The molecule has 0 unspecified atom stereocenters. The van der Waals surface area contributed by atoms with Crippen molar-refractivity contribution in [2.45, 2.75) is 52.1 Å². The predicted molar refractivity (Wildman–Crippen MR) is 103 cm³/mol. The van der Waals surface area contributed by atoms with Gasteiger partial charge in [-0.2, -0.15) is 0 Å². The van der Waals surface area contributed by atoms with E-state index >= 15 is 0 Å². The molecule has 0 saturated heterocycles. The fourth-order valence-electron chi connectivity index (χ4n) is 4.80. The van der Waals surface area contributed by atoms with E-state index in [4.69, 9.17) is 14.6 Å². The highest BCUT2D eigenvalue weighted by atomic mass is 16.5. The van der Waals surface area contributed by atoms with E-state index in [1.165, 1.54) is 5.56 Å². The molecule has 2 aliphatic carbocycles. The molecule has 0 aromatic heterocycles. The highest BCUT2D eigenvalue weighted by Gasteiger charge is 2.47. The van der Waals surface area contributed by atoms with Gasteiger partial charge in [0.05, 0.1) is 5.92 Å². The summed E-state index contributed by atoms with van der Waals surface area (Å²) in [5.41, 5.74) is 2.27. The summed E-state index contributed by atoms with van der Waals surface area (Å²) in [6.07, 6.45) is 3.92. The van der Waals surface area contributed by atoms with Crippen molar-refractivity contribution in [2.24, 2.45) is 23.7 Å². The summed E-state index contributed by atoms with van der Waals surface area (Å²) in [6, 6.07) is 5.82. The normalized spacial score (nSPS) is 25.9. The molecule has 4 atom stereocenters. The average molecular weight is 390 g/mol. The van der Waals surface area contributed by atoms with E-state index in [9.17, 15) is 14.7 Å². The Bertz CT molecular complexity index is 713. The van der Waals surface area contributed by atoms with Crippen LogP contribution in [-0.2, 0) is 27.2 Å². The zero-order chi connectivity index (χ0) is 20.3. The van der Waals surface area contributed by atoms with Crippen LogP contribution in [0.15, 0.2) is 18.2 Å². The van der Waals surface area contributed by atoms with E-state index in [1.807, 2.05) is 26.0 Å². The summed E-state index contributed by atoms with van der Waals surface area (Å²) >= 11 is 0. The molecule has 154 valence electrons. The molecule has 2 aliphatic rings. The van der Waals surface area contributed by atoms with Crippen molar-refractivity contribution in [1.29, 1.82) is 0 Å². The number of ether oxygens (including phenoxy) is 2. The number of hydrogen-bond acceptors (Lipinski definition) is 5. The highest BCUT2D eigenvalue weighted by molar-refractivity contribution is 5.71. The summed E-state index contributed by atoms with van der Waals surface area (Å²) in [7, 11) is 0. The lowest BCUT2D eigenvalue weighted by Gasteiger charge is -2.32. The number of fused-ring (bicyclic) bond motifs is 2. The fraction of sp³-hybridized carbons (Fsp3) is 0.636. The molecular formula is C22H30O6. The summed E-state index contributed by atoms with van der Waals surface area (Å²) in [5, 5.41) is 18.2. The third-order valence-electron chi connectivity index (χ3n) is 6.11. The minimum absolute atomic E-state index is 0.117. The zero-order valence-corrected chi connectivity index (χ0v) is 16.6. The minimum atomic E-state index is -0.989. The van der Waals surface area contributed by atoms with Gasteiger partial charge in [0.15, 0.2) is 6.61 Å². The third kappa shape index (κ3) is 4.49. The van der Waals surface area contributed by atoms with E-state index in [-0.39, 0.29) is 37.1 Å². The van der Waals surface area contributed by atoms with Crippen LogP contribution in [0.3, 0.4) is 0 Å². The molecule has 0 spiro atoms. The topological polar surface area (TPSA) is 93.1 Å². The van der Waals surface area contributed by atoms with Crippen LogP contribution in [0, 0.1) is 23.7 Å². The maximum Gasteiger partial charge on any atom is 0.341 e. The van der Waals surface area contributed by atoms with E-state index in [2.05, 4.69) is 6.07 Å².